The summed E-state index contributed by atoms with van der Waals surface area (Å²) in [4.78, 5) is 12.6. The third kappa shape index (κ3) is 4.18. The second-order valence-corrected chi connectivity index (χ2v) is 8.13. The van der Waals surface area contributed by atoms with Gasteiger partial charge < -0.3 is 10.1 Å². The van der Waals surface area contributed by atoms with Gasteiger partial charge in [0.15, 0.2) is 0 Å². The van der Waals surface area contributed by atoms with E-state index in [1.807, 2.05) is 19.9 Å². The first kappa shape index (κ1) is 19.0. The normalized spacial score (nSPS) is 11.4. The highest BCUT2D eigenvalue weighted by atomic mass is 32.2. The van der Waals surface area contributed by atoms with Crippen LogP contribution in [-0.4, -0.2) is 39.8 Å². The zero-order chi connectivity index (χ0) is 18.8. The number of ether oxygens (including phenoxy) is 1. The van der Waals surface area contributed by atoms with Crippen LogP contribution < -0.4 is 10.1 Å². The van der Waals surface area contributed by atoms with Crippen LogP contribution in [0.2, 0.25) is 0 Å². The van der Waals surface area contributed by atoms with E-state index in [4.69, 9.17) is 4.74 Å². The highest BCUT2D eigenvalue weighted by Gasteiger charge is 2.20. The van der Waals surface area contributed by atoms with Crippen molar-refractivity contribution in [2.45, 2.75) is 18.7 Å². The summed E-state index contributed by atoms with van der Waals surface area (Å²) in [5, 5.41) is 2.74. The summed E-state index contributed by atoms with van der Waals surface area (Å²) in [5.41, 5.74) is 2.75. The Kier molecular flexibility index (Phi) is 5.49. The van der Waals surface area contributed by atoms with Crippen LogP contribution >= 0.6 is 0 Å². The highest BCUT2D eigenvalue weighted by molar-refractivity contribution is 7.89. The molecule has 0 heterocycles. The second-order valence-electron chi connectivity index (χ2n) is 5.98. The van der Waals surface area contributed by atoms with Gasteiger partial charge in [0.1, 0.15) is 5.75 Å². The van der Waals surface area contributed by atoms with E-state index in [0.717, 1.165) is 15.4 Å². The minimum Gasteiger partial charge on any atom is -0.495 e. The summed E-state index contributed by atoms with van der Waals surface area (Å²) in [5.74, 6) is 0.0555. The lowest BCUT2D eigenvalue weighted by molar-refractivity contribution is 0.102. The van der Waals surface area contributed by atoms with Crippen molar-refractivity contribution in [3.05, 3.63) is 53.1 Å². The molecule has 0 unspecified atom stereocenters. The summed E-state index contributed by atoms with van der Waals surface area (Å²) in [7, 11) is 0.752. The van der Waals surface area contributed by atoms with E-state index >= 15 is 0 Å². The van der Waals surface area contributed by atoms with Crippen LogP contribution in [-0.2, 0) is 10.0 Å². The lowest BCUT2D eigenvalue weighted by atomic mass is 10.1. The van der Waals surface area contributed by atoms with Gasteiger partial charge in [-0.25, -0.2) is 12.7 Å². The number of aryl methyl sites for hydroxylation is 2. The number of nitrogens with zero attached hydrogens (tertiary/aromatic N) is 1. The number of sulfonamides is 1. The van der Waals surface area contributed by atoms with E-state index in [1.165, 1.54) is 39.4 Å². The SMILES string of the molecule is COc1ccc(S(=O)(=O)N(C)C)cc1NC(=O)c1cc(C)cc(C)c1. The third-order valence-electron chi connectivity index (χ3n) is 3.68. The van der Waals surface area contributed by atoms with Crippen LogP contribution in [0.3, 0.4) is 0 Å². The van der Waals surface area contributed by atoms with Crippen molar-refractivity contribution in [1.29, 1.82) is 0 Å². The van der Waals surface area contributed by atoms with Gasteiger partial charge >= 0.3 is 0 Å². The van der Waals surface area contributed by atoms with Gasteiger partial charge in [-0.05, 0) is 44.2 Å². The first-order chi connectivity index (χ1) is 11.6. The van der Waals surface area contributed by atoms with Crippen LogP contribution in [0.5, 0.6) is 5.75 Å². The second kappa shape index (κ2) is 7.25. The minimum atomic E-state index is -3.61. The van der Waals surface area contributed by atoms with Gasteiger partial charge in [0.05, 0.1) is 17.7 Å². The molecule has 2 aromatic carbocycles. The largest absolute Gasteiger partial charge is 0.495 e. The van der Waals surface area contributed by atoms with Crippen LogP contribution in [0, 0.1) is 13.8 Å². The molecule has 0 saturated carbocycles. The summed E-state index contributed by atoms with van der Waals surface area (Å²) in [6.45, 7) is 3.82. The van der Waals surface area contributed by atoms with Crippen LogP contribution in [0.4, 0.5) is 5.69 Å². The highest BCUT2D eigenvalue weighted by Crippen LogP contribution is 2.29. The number of amides is 1. The van der Waals surface area contributed by atoms with Crippen molar-refractivity contribution in [2.75, 3.05) is 26.5 Å². The van der Waals surface area contributed by atoms with Gasteiger partial charge in [0.2, 0.25) is 10.0 Å². The summed E-state index contributed by atoms with van der Waals surface area (Å²) in [6, 6.07) is 9.88. The molecule has 0 spiro atoms. The Morgan fingerprint density at radius 1 is 1.04 bits per heavy atom. The molecule has 1 N–H and O–H groups in total. The molecule has 7 heteroatoms. The Hall–Kier alpha value is -2.38. The van der Waals surface area contributed by atoms with Crippen molar-refractivity contribution in [1.82, 2.24) is 4.31 Å². The Balaban J connectivity index is 2.42. The maximum absolute atomic E-state index is 12.6. The number of hydrogen-bond acceptors (Lipinski definition) is 4. The lowest BCUT2D eigenvalue weighted by Gasteiger charge is -2.15. The van der Waals surface area contributed by atoms with Crippen LogP contribution in [0.1, 0.15) is 21.5 Å². The monoisotopic (exact) mass is 362 g/mol. The van der Waals surface area contributed by atoms with Crippen molar-refractivity contribution in [3.8, 4) is 5.75 Å². The molecule has 0 aliphatic heterocycles. The first-order valence-corrected chi connectivity index (χ1v) is 9.09. The standard InChI is InChI=1S/C18H22N2O4S/c1-12-8-13(2)10-14(9-12)18(21)19-16-11-15(6-7-17(16)24-5)25(22,23)20(3)4/h6-11H,1-5H3,(H,19,21). The molecule has 2 rings (SSSR count). The molecule has 6 nitrogen and oxygen atoms in total. The van der Waals surface area contributed by atoms with E-state index in [0.29, 0.717) is 17.0 Å². The summed E-state index contributed by atoms with van der Waals surface area (Å²) < 4.78 is 31.0. The van der Waals surface area contributed by atoms with Gasteiger partial charge in [-0.1, -0.05) is 17.2 Å². The van der Waals surface area contributed by atoms with E-state index in [-0.39, 0.29) is 10.8 Å². The van der Waals surface area contributed by atoms with Gasteiger partial charge in [-0.2, -0.15) is 0 Å². The number of anilines is 1. The number of carbonyl (C=O) groups excluding carboxylic acids is 1. The minimum absolute atomic E-state index is 0.0778. The smallest absolute Gasteiger partial charge is 0.255 e. The van der Waals surface area contributed by atoms with Crippen molar-refractivity contribution in [2.24, 2.45) is 0 Å². The van der Waals surface area contributed by atoms with E-state index in [2.05, 4.69) is 5.32 Å². The Labute approximate surface area is 148 Å². The Bertz CT molecular complexity index is 885. The summed E-state index contributed by atoms with van der Waals surface area (Å²) in [6.07, 6.45) is 0. The van der Waals surface area contributed by atoms with Crippen LogP contribution in [0.25, 0.3) is 0 Å². The molecule has 0 aliphatic carbocycles. The van der Waals surface area contributed by atoms with E-state index < -0.39 is 10.0 Å². The Morgan fingerprint density at radius 3 is 2.16 bits per heavy atom. The molecule has 0 atom stereocenters. The average molecular weight is 362 g/mol. The van der Waals surface area contributed by atoms with E-state index in [9.17, 15) is 13.2 Å². The molecule has 25 heavy (non-hydrogen) atoms. The van der Waals surface area contributed by atoms with Crippen molar-refractivity contribution in [3.63, 3.8) is 0 Å². The number of nitrogens with one attached hydrogen (secondary N) is 1. The zero-order valence-electron chi connectivity index (χ0n) is 15.0. The van der Waals surface area contributed by atoms with Gasteiger partial charge in [-0.3, -0.25) is 4.79 Å². The summed E-state index contributed by atoms with van der Waals surface area (Å²) >= 11 is 0. The molecule has 0 aromatic heterocycles. The molecule has 1 amide bonds. The average Bonchev–Trinajstić information content (AvgIpc) is 2.53. The molecule has 0 aliphatic rings. The zero-order valence-corrected chi connectivity index (χ0v) is 15.8. The molecular weight excluding hydrogens is 340 g/mol. The predicted molar refractivity (Wildman–Crippen MR) is 97.7 cm³/mol. The molecular formula is C18H22N2O4S. The van der Waals surface area contributed by atoms with E-state index in [1.54, 1.807) is 12.1 Å². The van der Waals surface area contributed by atoms with Crippen LogP contribution in [0.15, 0.2) is 41.3 Å². The fraction of sp³-hybridized carbons (Fsp3) is 0.278. The number of benzene rings is 2. The van der Waals surface area contributed by atoms with Gasteiger partial charge in [0.25, 0.3) is 5.91 Å². The Morgan fingerprint density at radius 2 is 1.64 bits per heavy atom. The van der Waals surface area contributed by atoms with Crippen molar-refractivity contribution >= 4 is 21.6 Å². The number of hydrogen-bond donors (Lipinski definition) is 1. The van der Waals surface area contributed by atoms with Gasteiger partial charge in [-0.15, -0.1) is 0 Å². The van der Waals surface area contributed by atoms with Gasteiger partial charge in [0, 0.05) is 19.7 Å². The molecule has 2 aromatic rings. The third-order valence-corrected chi connectivity index (χ3v) is 5.49. The molecule has 0 saturated heterocycles. The quantitative estimate of drug-likeness (QED) is 0.887. The maximum atomic E-state index is 12.6. The first-order valence-electron chi connectivity index (χ1n) is 7.65. The molecule has 134 valence electrons. The lowest BCUT2D eigenvalue weighted by Crippen LogP contribution is -2.22. The van der Waals surface area contributed by atoms with Crippen molar-refractivity contribution < 1.29 is 17.9 Å². The predicted octanol–water partition coefficient (Wildman–Crippen LogP) is 2.81. The molecule has 0 fully saturated rings. The maximum Gasteiger partial charge on any atom is 0.255 e. The number of rotatable bonds is 5. The molecule has 0 radical (unpaired) electrons. The topological polar surface area (TPSA) is 75.7 Å². The fourth-order valence-electron chi connectivity index (χ4n) is 2.46. The molecule has 0 bridgehead atoms. The number of carbonyl (C=O) groups is 1. The number of methoxy groups -OCH3 is 1. The fourth-order valence-corrected chi connectivity index (χ4v) is 3.38.